The highest BCUT2D eigenvalue weighted by Gasteiger charge is 2.16. The predicted molar refractivity (Wildman–Crippen MR) is 68.6 cm³/mol. The molecular formula is C13H19FN2O2. The largest absolute Gasteiger partial charge is 0.391 e. The van der Waals surface area contributed by atoms with Gasteiger partial charge in [0.25, 0.3) is 0 Å². The minimum Gasteiger partial charge on any atom is -0.391 e. The van der Waals surface area contributed by atoms with Crippen LogP contribution in [0, 0.1) is 11.7 Å². The second kappa shape index (κ2) is 6.35. The van der Waals surface area contributed by atoms with E-state index in [1.165, 1.54) is 6.07 Å². The van der Waals surface area contributed by atoms with Crippen LogP contribution in [-0.4, -0.2) is 24.1 Å². The molecule has 0 aliphatic heterocycles. The van der Waals surface area contributed by atoms with Gasteiger partial charge in [0.05, 0.1) is 13.2 Å². The van der Waals surface area contributed by atoms with Gasteiger partial charge in [0.2, 0.25) is 5.91 Å². The number of amides is 1. The molecule has 0 aromatic heterocycles. The Kier molecular flexibility index (Phi) is 5.09. The molecule has 18 heavy (non-hydrogen) atoms. The van der Waals surface area contributed by atoms with Crippen molar-refractivity contribution < 1.29 is 14.3 Å². The average Bonchev–Trinajstić information content (AvgIpc) is 2.26. The lowest BCUT2D eigenvalue weighted by Crippen LogP contribution is -2.37. The van der Waals surface area contributed by atoms with Crippen molar-refractivity contribution in [3.63, 3.8) is 0 Å². The Morgan fingerprint density at radius 2 is 2.17 bits per heavy atom. The molecule has 0 saturated carbocycles. The highest BCUT2D eigenvalue weighted by Crippen LogP contribution is 2.24. The van der Waals surface area contributed by atoms with Gasteiger partial charge in [-0.2, -0.15) is 0 Å². The van der Waals surface area contributed by atoms with Gasteiger partial charge in [-0.25, -0.2) is 4.39 Å². The molecule has 4 nitrogen and oxygen atoms in total. The van der Waals surface area contributed by atoms with Crippen molar-refractivity contribution in [1.29, 1.82) is 0 Å². The number of hydrogen-bond acceptors (Lipinski definition) is 3. The van der Waals surface area contributed by atoms with E-state index in [1.807, 2.05) is 13.8 Å². The molecule has 5 heteroatoms. The third kappa shape index (κ3) is 3.70. The van der Waals surface area contributed by atoms with E-state index in [-0.39, 0.29) is 12.1 Å². The van der Waals surface area contributed by atoms with Gasteiger partial charge in [-0.05, 0) is 18.1 Å². The van der Waals surface area contributed by atoms with Gasteiger partial charge in [0, 0.05) is 17.8 Å². The van der Waals surface area contributed by atoms with E-state index in [9.17, 15) is 14.3 Å². The van der Waals surface area contributed by atoms with Gasteiger partial charge in [0.15, 0.2) is 0 Å². The predicted octanol–water partition coefficient (Wildman–Crippen LogP) is 1.27. The number of hydrogen-bond donors (Lipinski definition) is 2. The number of halogens is 1. The van der Waals surface area contributed by atoms with Crippen molar-refractivity contribution in [3.8, 4) is 0 Å². The van der Waals surface area contributed by atoms with Crippen molar-refractivity contribution in [3.05, 3.63) is 29.6 Å². The van der Waals surface area contributed by atoms with Crippen molar-refractivity contribution in [2.75, 3.05) is 18.0 Å². The number of carbonyl (C=O) groups is 1. The minimum absolute atomic E-state index is 0.00856. The summed E-state index contributed by atoms with van der Waals surface area (Å²) in [5.74, 6) is -0.670. The number of nitrogens with zero attached hydrogens (tertiary/aromatic N) is 1. The molecule has 0 radical (unpaired) electrons. The van der Waals surface area contributed by atoms with Crippen molar-refractivity contribution in [2.45, 2.75) is 20.5 Å². The van der Waals surface area contributed by atoms with Crippen LogP contribution in [0.1, 0.15) is 19.4 Å². The van der Waals surface area contributed by atoms with Gasteiger partial charge in [-0.15, -0.1) is 0 Å². The Morgan fingerprint density at radius 3 is 2.67 bits per heavy atom. The Labute approximate surface area is 106 Å². The highest BCUT2D eigenvalue weighted by molar-refractivity contribution is 5.80. The van der Waals surface area contributed by atoms with Gasteiger partial charge < -0.3 is 15.7 Å². The van der Waals surface area contributed by atoms with Crippen molar-refractivity contribution in [1.82, 2.24) is 0 Å². The molecule has 0 heterocycles. The Bertz CT molecular complexity index is 421. The molecule has 3 N–H and O–H groups in total. The lowest BCUT2D eigenvalue weighted by atomic mass is 10.1. The molecule has 0 bridgehead atoms. The summed E-state index contributed by atoms with van der Waals surface area (Å²) in [7, 11) is 0. The number of nitrogens with two attached hydrogens (primary N) is 1. The van der Waals surface area contributed by atoms with E-state index in [0.29, 0.717) is 18.2 Å². The summed E-state index contributed by atoms with van der Waals surface area (Å²) < 4.78 is 13.6. The van der Waals surface area contributed by atoms with Gasteiger partial charge in [-0.3, -0.25) is 4.79 Å². The molecule has 0 fully saturated rings. The molecule has 0 aliphatic carbocycles. The lowest BCUT2D eigenvalue weighted by Gasteiger charge is -2.27. The second-order valence-electron chi connectivity index (χ2n) is 4.64. The molecule has 1 rings (SSSR count). The van der Waals surface area contributed by atoms with Crippen LogP contribution in [0.25, 0.3) is 0 Å². The molecule has 1 aromatic rings. The molecule has 0 aliphatic rings. The first kappa shape index (κ1) is 14.4. The summed E-state index contributed by atoms with van der Waals surface area (Å²) in [6.45, 7) is 4.15. The molecule has 1 amide bonds. The third-order valence-electron chi connectivity index (χ3n) is 2.53. The Morgan fingerprint density at radius 1 is 1.50 bits per heavy atom. The number of aliphatic hydroxyl groups is 1. The summed E-state index contributed by atoms with van der Waals surface area (Å²) in [4.78, 5) is 12.8. The van der Waals surface area contributed by atoms with Crippen LogP contribution >= 0.6 is 0 Å². The quantitative estimate of drug-likeness (QED) is 0.803. The topological polar surface area (TPSA) is 66.6 Å². The zero-order valence-corrected chi connectivity index (χ0v) is 10.7. The molecule has 0 atom stereocenters. The maximum absolute atomic E-state index is 13.6. The SMILES string of the molecule is CC(C)CN(CC(N)=O)c1cccc(F)c1CO. The fourth-order valence-electron chi connectivity index (χ4n) is 1.88. The average molecular weight is 254 g/mol. The Hall–Kier alpha value is -1.62. The normalized spacial score (nSPS) is 10.7. The number of carbonyl (C=O) groups excluding carboxylic acids is 1. The minimum atomic E-state index is -0.483. The van der Waals surface area contributed by atoms with Crippen LogP contribution in [0.4, 0.5) is 10.1 Å². The van der Waals surface area contributed by atoms with Crippen LogP contribution in [0.5, 0.6) is 0 Å². The second-order valence-corrected chi connectivity index (χ2v) is 4.64. The molecule has 0 spiro atoms. The summed E-state index contributed by atoms with van der Waals surface area (Å²) in [6, 6.07) is 4.52. The zero-order valence-electron chi connectivity index (χ0n) is 10.7. The summed E-state index contributed by atoms with van der Waals surface area (Å²) >= 11 is 0. The van der Waals surface area contributed by atoms with E-state index >= 15 is 0 Å². The van der Waals surface area contributed by atoms with Gasteiger partial charge in [-0.1, -0.05) is 19.9 Å². The molecule has 0 unspecified atom stereocenters. The zero-order chi connectivity index (χ0) is 13.7. The summed E-state index contributed by atoms with van der Waals surface area (Å²) in [5.41, 5.74) is 5.91. The number of aliphatic hydroxyl groups excluding tert-OH is 1. The van der Waals surface area contributed by atoms with Crippen LogP contribution in [0.3, 0.4) is 0 Å². The first-order chi connectivity index (χ1) is 8.45. The molecule has 100 valence electrons. The van der Waals surface area contributed by atoms with Crippen molar-refractivity contribution in [2.24, 2.45) is 11.7 Å². The fourth-order valence-corrected chi connectivity index (χ4v) is 1.88. The van der Waals surface area contributed by atoms with E-state index < -0.39 is 18.3 Å². The number of primary amides is 1. The van der Waals surface area contributed by atoms with Gasteiger partial charge in [0.1, 0.15) is 5.82 Å². The third-order valence-corrected chi connectivity index (χ3v) is 2.53. The highest BCUT2D eigenvalue weighted by atomic mass is 19.1. The lowest BCUT2D eigenvalue weighted by molar-refractivity contribution is -0.116. The van der Waals surface area contributed by atoms with Crippen molar-refractivity contribution >= 4 is 11.6 Å². The van der Waals surface area contributed by atoms with E-state index in [2.05, 4.69) is 0 Å². The van der Waals surface area contributed by atoms with E-state index in [0.717, 1.165) is 0 Å². The first-order valence-electron chi connectivity index (χ1n) is 5.87. The summed E-state index contributed by atoms with van der Waals surface area (Å²) in [5, 5.41) is 9.23. The first-order valence-corrected chi connectivity index (χ1v) is 5.87. The maximum Gasteiger partial charge on any atom is 0.236 e. The monoisotopic (exact) mass is 254 g/mol. The maximum atomic E-state index is 13.6. The number of rotatable bonds is 6. The Balaban J connectivity index is 3.11. The smallest absolute Gasteiger partial charge is 0.236 e. The van der Waals surface area contributed by atoms with Crippen LogP contribution in [0.2, 0.25) is 0 Å². The number of anilines is 1. The molecule has 1 aromatic carbocycles. The molecule has 0 saturated heterocycles. The van der Waals surface area contributed by atoms with Crippen LogP contribution in [-0.2, 0) is 11.4 Å². The van der Waals surface area contributed by atoms with E-state index in [4.69, 9.17) is 5.73 Å². The number of benzene rings is 1. The van der Waals surface area contributed by atoms with E-state index in [1.54, 1.807) is 17.0 Å². The van der Waals surface area contributed by atoms with Crippen LogP contribution in [0.15, 0.2) is 18.2 Å². The standard InChI is InChI=1S/C13H19FN2O2/c1-9(2)6-16(7-13(15)18)12-5-3-4-11(14)10(12)8-17/h3-5,9,17H,6-8H2,1-2H3,(H2,15,18). The molecular weight excluding hydrogens is 235 g/mol. The van der Waals surface area contributed by atoms with Gasteiger partial charge >= 0.3 is 0 Å². The van der Waals surface area contributed by atoms with Crippen LogP contribution < -0.4 is 10.6 Å². The fraction of sp³-hybridized carbons (Fsp3) is 0.462. The summed E-state index contributed by atoms with van der Waals surface area (Å²) in [6.07, 6.45) is 0.